The van der Waals surface area contributed by atoms with Gasteiger partial charge in [-0.1, -0.05) is 24.4 Å². The number of hydrogen-bond acceptors (Lipinski definition) is 4. The highest BCUT2D eigenvalue weighted by Gasteiger charge is 2.15. The molecule has 0 aliphatic rings. The van der Waals surface area contributed by atoms with Gasteiger partial charge in [-0.25, -0.2) is 0 Å². The highest BCUT2D eigenvalue weighted by molar-refractivity contribution is 7.05. The Bertz CT molecular complexity index is 267. The molecule has 0 saturated carbocycles. The van der Waals surface area contributed by atoms with E-state index in [1.54, 1.807) is 6.08 Å². The molecule has 0 radical (unpaired) electrons. The summed E-state index contributed by atoms with van der Waals surface area (Å²) >= 11 is 1.35. The van der Waals surface area contributed by atoms with Gasteiger partial charge in [0.2, 0.25) is 0 Å². The predicted molar refractivity (Wildman–Crippen MR) is 51.1 cm³/mol. The summed E-state index contributed by atoms with van der Waals surface area (Å²) in [5.41, 5.74) is 6.78. The molecule has 12 heavy (non-hydrogen) atoms. The topological polar surface area (TPSA) is 51.8 Å². The fraction of sp³-hybridized carbons (Fsp3) is 0.500. The molecule has 66 valence electrons. The molecule has 1 aromatic rings. The van der Waals surface area contributed by atoms with Gasteiger partial charge in [-0.3, -0.25) is 0 Å². The molecular weight excluding hydrogens is 170 g/mol. The minimum atomic E-state index is -0.123. The molecule has 0 spiro atoms. The van der Waals surface area contributed by atoms with Crippen LogP contribution >= 0.6 is 11.5 Å². The molecule has 1 atom stereocenters. The summed E-state index contributed by atoms with van der Waals surface area (Å²) in [7, 11) is 0. The Hall–Kier alpha value is -0.740. The summed E-state index contributed by atoms with van der Waals surface area (Å²) in [6, 6.07) is -0.123. The first-order valence-electron chi connectivity index (χ1n) is 3.87. The van der Waals surface area contributed by atoms with Crippen LogP contribution in [0, 0.1) is 0 Å². The largest absolute Gasteiger partial charge is 0.320 e. The van der Waals surface area contributed by atoms with Crippen LogP contribution in [0.2, 0.25) is 0 Å². The van der Waals surface area contributed by atoms with Crippen LogP contribution in [0.4, 0.5) is 0 Å². The van der Waals surface area contributed by atoms with E-state index in [0.29, 0.717) is 5.92 Å². The summed E-state index contributed by atoms with van der Waals surface area (Å²) in [5, 5.41) is 4.03. The average molecular weight is 183 g/mol. The van der Waals surface area contributed by atoms with Gasteiger partial charge in [0.15, 0.2) is 0 Å². The molecule has 1 rings (SSSR count). The lowest BCUT2D eigenvalue weighted by atomic mass is 10.1. The maximum absolute atomic E-state index is 5.79. The molecule has 0 aromatic carbocycles. The molecule has 0 bridgehead atoms. The first-order valence-corrected chi connectivity index (χ1v) is 4.64. The van der Waals surface area contributed by atoms with Crippen LogP contribution in [-0.4, -0.2) is 9.59 Å². The second-order valence-electron chi connectivity index (χ2n) is 2.94. The van der Waals surface area contributed by atoms with E-state index in [1.165, 1.54) is 11.5 Å². The third-order valence-corrected chi connectivity index (χ3v) is 2.49. The second-order valence-corrected chi connectivity index (χ2v) is 3.72. The van der Waals surface area contributed by atoms with Crippen molar-refractivity contribution >= 4 is 11.5 Å². The van der Waals surface area contributed by atoms with Crippen molar-refractivity contribution in [2.45, 2.75) is 25.8 Å². The van der Waals surface area contributed by atoms with E-state index in [1.807, 2.05) is 0 Å². The zero-order valence-corrected chi connectivity index (χ0v) is 8.14. The van der Waals surface area contributed by atoms with Crippen molar-refractivity contribution in [2.75, 3.05) is 0 Å². The monoisotopic (exact) mass is 183 g/mol. The van der Waals surface area contributed by atoms with Crippen molar-refractivity contribution in [3.63, 3.8) is 0 Å². The van der Waals surface area contributed by atoms with E-state index in [-0.39, 0.29) is 6.04 Å². The number of nitrogens with two attached hydrogens (primary N) is 1. The van der Waals surface area contributed by atoms with Crippen LogP contribution in [0.25, 0.3) is 0 Å². The van der Waals surface area contributed by atoms with E-state index in [0.717, 1.165) is 10.6 Å². The van der Waals surface area contributed by atoms with Crippen molar-refractivity contribution in [1.29, 1.82) is 0 Å². The normalized spacial score (nSPS) is 13.3. The quantitative estimate of drug-likeness (QED) is 0.727. The molecule has 2 N–H and O–H groups in total. The summed E-state index contributed by atoms with van der Waals surface area (Å²) in [4.78, 5) is 1.03. The van der Waals surface area contributed by atoms with E-state index in [9.17, 15) is 0 Å². The Kier molecular flexibility index (Phi) is 2.94. The Morgan fingerprint density at radius 2 is 2.25 bits per heavy atom. The molecule has 1 aromatic heterocycles. The van der Waals surface area contributed by atoms with Gasteiger partial charge in [-0.2, -0.15) is 0 Å². The van der Waals surface area contributed by atoms with E-state index in [2.05, 4.69) is 30.0 Å². The van der Waals surface area contributed by atoms with Crippen molar-refractivity contribution < 1.29 is 0 Å². The van der Waals surface area contributed by atoms with E-state index >= 15 is 0 Å². The van der Waals surface area contributed by atoms with Crippen LogP contribution in [-0.2, 0) is 0 Å². The molecule has 1 unspecified atom stereocenters. The van der Waals surface area contributed by atoms with Gasteiger partial charge < -0.3 is 5.73 Å². The molecule has 0 saturated heterocycles. The highest BCUT2D eigenvalue weighted by atomic mass is 32.1. The van der Waals surface area contributed by atoms with Crippen molar-refractivity contribution in [3.05, 3.63) is 23.2 Å². The lowest BCUT2D eigenvalue weighted by molar-refractivity contribution is 0.779. The summed E-state index contributed by atoms with van der Waals surface area (Å²) < 4.78 is 3.88. The van der Waals surface area contributed by atoms with Gasteiger partial charge in [0.05, 0.1) is 16.6 Å². The maximum Gasteiger partial charge on any atom is 0.0832 e. The molecular formula is C8H13N3S. The molecule has 0 aliphatic heterocycles. The standard InChI is InChI=1S/C8H13N3S/c1-4-6(9)8-7(5(2)3)10-11-12-8/h4-6H,1,9H2,2-3H3. The SMILES string of the molecule is C=CC(N)c1snnc1C(C)C. The van der Waals surface area contributed by atoms with Crippen molar-refractivity contribution in [3.8, 4) is 0 Å². The third-order valence-electron chi connectivity index (χ3n) is 1.64. The van der Waals surface area contributed by atoms with E-state index in [4.69, 9.17) is 5.73 Å². The first kappa shape index (κ1) is 9.35. The number of rotatable bonds is 3. The van der Waals surface area contributed by atoms with Crippen molar-refractivity contribution in [1.82, 2.24) is 9.59 Å². The zero-order valence-electron chi connectivity index (χ0n) is 7.32. The first-order chi connectivity index (χ1) is 5.66. The maximum atomic E-state index is 5.79. The van der Waals surface area contributed by atoms with Gasteiger partial charge in [0, 0.05) is 0 Å². The van der Waals surface area contributed by atoms with Crippen LogP contribution in [0.15, 0.2) is 12.7 Å². The Balaban J connectivity index is 2.98. The predicted octanol–water partition coefficient (Wildman–Crippen LogP) is 1.85. The fourth-order valence-corrected chi connectivity index (χ4v) is 1.75. The second kappa shape index (κ2) is 3.78. The van der Waals surface area contributed by atoms with E-state index < -0.39 is 0 Å². The summed E-state index contributed by atoms with van der Waals surface area (Å²) in [6.45, 7) is 7.80. The molecule has 1 heterocycles. The molecule has 4 heteroatoms. The van der Waals surface area contributed by atoms with Crippen LogP contribution in [0.5, 0.6) is 0 Å². The van der Waals surface area contributed by atoms with Crippen LogP contribution < -0.4 is 5.73 Å². The van der Waals surface area contributed by atoms with Gasteiger partial charge in [-0.15, -0.1) is 11.7 Å². The molecule has 3 nitrogen and oxygen atoms in total. The smallest absolute Gasteiger partial charge is 0.0832 e. The Morgan fingerprint density at radius 1 is 1.58 bits per heavy atom. The molecule has 0 fully saturated rings. The minimum Gasteiger partial charge on any atom is -0.320 e. The van der Waals surface area contributed by atoms with Crippen LogP contribution in [0.3, 0.4) is 0 Å². The highest BCUT2D eigenvalue weighted by Crippen LogP contribution is 2.24. The zero-order chi connectivity index (χ0) is 9.14. The molecule has 0 amide bonds. The number of hydrogen-bond donors (Lipinski definition) is 1. The Labute approximate surface area is 76.5 Å². The van der Waals surface area contributed by atoms with Crippen molar-refractivity contribution in [2.24, 2.45) is 5.73 Å². The lowest BCUT2D eigenvalue weighted by Crippen LogP contribution is -2.07. The fourth-order valence-electron chi connectivity index (χ4n) is 0.943. The lowest BCUT2D eigenvalue weighted by Gasteiger charge is -2.06. The molecule has 0 aliphatic carbocycles. The van der Waals surface area contributed by atoms with Gasteiger partial charge >= 0.3 is 0 Å². The summed E-state index contributed by atoms with van der Waals surface area (Å²) in [6.07, 6.45) is 1.71. The Morgan fingerprint density at radius 3 is 2.75 bits per heavy atom. The third kappa shape index (κ3) is 1.70. The summed E-state index contributed by atoms with van der Waals surface area (Å²) in [5.74, 6) is 0.379. The van der Waals surface area contributed by atoms with Gasteiger partial charge in [0.1, 0.15) is 0 Å². The van der Waals surface area contributed by atoms with Gasteiger partial charge in [0.25, 0.3) is 0 Å². The van der Waals surface area contributed by atoms with Gasteiger partial charge in [-0.05, 0) is 17.5 Å². The van der Waals surface area contributed by atoms with Crippen LogP contribution in [0.1, 0.15) is 36.4 Å². The minimum absolute atomic E-state index is 0.123. The number of nitrogens with zero attached hydrogens (tertiary/aromatic N) is 2. The number of aromatic nitrogens is 2. The average Bonchev–Trinajstić information content (AvgIpc) is 2.50.